The zero-order chi connectivity index (χ0) is 25.0. The third-order valence-electron chi connectivity index (χ3n) is 6.20. The van der Waals surface area contributed by atoms with E-state index >= 15 is 0 Å². The number of alkyl carbamates (subject to hydrolysis) is 1. The topological polar surface area (TPSA) is 105 Å². The van der Waals surface area contributed by atoms with Crippen molar-refractivity contribution in [2.45, 2.75) is 26.2 Å². The van der Waals surface area contributed by atoms with E-state index in [-0.39, 0.29) is 31.4 Å². The van der Waals surface area contributed by atoms with Gasteiger partial charge in [-0.3, -0.25) is 9.59 Å². The van der Waals surface area contributed by atoms with Gasteiger partial charge in [0.05, 0.1) is 11.8 Å². The molecule has 0 aromatic heterocycles. The van der Waals surface area contributed by atoms with Crippen molar-refractivity contribution in [1.82, 2.24) is 5.32 Å². The number of carbonyl (C=O) groups excluding carboxylic acids is 2. The van der Waals surface area contributed by atoms with Crippen LogP contribution in [0.1, 0.15) is 36.5 Å². The Bertz CT molecular complexity index is 1200. The van der Waals surface area contributed by atoms with Gasteiger partial charge in [-0.2, -0.15) is 0 Å². The largest absolute Gasteiger partial charge is 0.481 e. The lowest BCUT2D eigenvalue weighted by molar-refractivity contribution is -0.136. The van der Waals surface area contributed by atoms with Crippen molar-refractivity contribution >= 4 is 23.7 Å². The van der Waals surface area contributed by atoms with Crippen molar-refractivity contribution in [3.8, 4) is 11.1 Å². The maximum Gasteiger partial charge on any atom is 0.407 e. The fraction of sp³-hybridized carbons (Fsp3) is 0.250. The van der Waals surface area contributed by atoms with Crippen molar-refractivity contribution < 1.29 is 24.2 Å². The van der Waals surface area contributed by atoms with Crippen molar-refractivity contribution in [3.05, 3.63) is 89.5 Å². The van der Waals surface area contributed by atoms with Gasteiger partial charge in [-0.05, 0) is 53.8 Å². The molecular weight excluding hydrogens is 444 g/mol. The highest BCUT2D eigenvalue weighted by molar-refractivity contribution is 5.95. The van der Waals surface area contributed by atoms with E-state index in [1.165, 1.54) is 0 Å². The molecule has 0 spiro atoms. The Hall–Kier alpha value is -4.13. The number of carboxylic acid groups (broad SMARTS) is 1. The highest BCUT2D eigenvalue weighted by Gasteiger charge is 2.31. The number of carboxylic acids is 1. The van der Waals surface area contributed by atoms with Gasteiger partial charge in [0.2, 0.25) is 5.91 Å². The normalized spacial score (nSPS) is 12.4. The van der Waals surface area contributed by atoms with Gasteiger partial charge in [-0.1, -0.05) is 60.7 Å². The Balaban J connectivity index is 1.30. The molecule has 4 rings (SSSR count). The Kier molecular flexibility index (Phi) is 6.87. The molecule has 0 radical (unpaired) electrons. The fourth-order valence-electron chi connectivity index (χ4n) is 4.20. The number of anilines is 1. The first-order valence-electron chi connectivity index (χ1n) is 11.5. The lowest BCUT2D eigenvalue weighted by atomic mass is 9.92. The molecule has 1 aliphatic rings. The minimum absolute atomic E-state index is 0.0337. The number of aliphatic carboxylic acids is 1. The van der Waals surface area contributed by atoms with Crippen LogP contribution >= 0.6 is 0 Å². The molecule has 3 aromatic carbocycles. The predicted octanol–water partition coefficient (Wildman–Crippen LogP) is 4.82. The molecule has 0 aliphatic heterocycles. The number of amides is 2. The molecule has 2 amide bonds. The minimum Gasteiger partial charge on any atom is -0.481 e. The zero-order valence-electron chi connectivity index (χ0n) is 19.7. The summed E-state index contributed by atoms with van der Waals surface area (Å²) >= 11 is 0. The standard InChI is InChI=1S/C28H28N2O5/c1-28(2,26(33)30-19-13-11-18(12-14-19)15-25(31)32)17-29-27(34)35-16-24-22-9-5-3-7-20(22)21-8-4-6-10-23(21)24/h3-14,24H,15-17H2,1-2H3,(H,29,34)(H,30,33)(H,31,32). The van der Waals surface area contributed by atoms with E-state index in [0.717, 1.165) is 22.3 Å². The van der Waals surface area contributed by atoms with Gasteiger partial charge in [0.1, 0.15) is 6.61 Å². The molecule has 7 nitrogen and oxygen atoms in total. The van der Waals surface area contributed by atoms with Gasteiger partial charge in [-0.15, -0.1) is 0 Å². The summed E-state index contributed by atoms with van der Waals surface area (Å²) in [5, 5.41) is 14.4. The molecule has 0 heterocycles. The number of hydrogen-bond donors (Lipinski definition) is 3. The molecule has 0 fully saturated rings. The first kappa shape index (κ1) is 24.0. The van der Waals surface area contributed by atoms with E-state index in [9.17, 15) is 14.4 Å². The molecule has 0 unspecified atom stereocenters. The summed E-state index contributed by atoms with van der Waals surface area (Å²) in [6, 6.07) is 22.9. The van der Waals surface area contributed by atoms with Crippen LogP contribution in [0.5, 0.6) is 0 Å². The zero-order valence-corrected chi connectivity index (χ0v) is 19.7. The summed E-state index contributed by atoms with van der Waals surface area (Å²) in [6.45, 7) is 3.75. The van der Waals surface area contributed by atoms with Crippen molar-refractivity contribution in [2.24, 2.45) is 5.41 Å². The van der Waals surface area contributed by atoms with Gasteiger partial charge < -0.3 is 20.5 Å². The van der Waals surface area contributed by atoms with Crippen LogP contribution in [0, 0.1) is 5.41 Å². The average Bonchev–Trinajstić information content (AvgIpc) is 3.16. The minimum atomic E-state index is -0.915. The van der Waals surface area contributed by atoms with Crippen LogP contribution in [0.2, 0.25) is 0 Å². The third kappa shape index (κ3) is 5.51. The maximum absolute atomic E-state index is 12.8. The van der Waals surface area contributed by atoms with Crippen LogP contribution in [-0.2, 0) is 20.7 Å². The number of ether oxygens (including phenoxy) is 1. The van der Waals surface area contributed by atoms with E-state index in [4.69, 9.17) is 9.84 Å². The second kappa shape index (κ2) is 10.0. The van der Waals surface area contributed by atoms with Crippen molar-refractivity contribution in [1.29, 1.82) is 0 Å². The fourth-order valence-corrected chi connectivity index (χ4v) is 4.20. The van der Waals surface area contributed by atoms with Crippen LogP contribution < -0.4 is 10.6 Å². The lowest BCUT2D eigenvalue weighted by Gasteiger charge is -2.24. The number of hydrogen-bond acceptors (Lipinski definition) is 4. The Morgan fingerprint density at radius 2 is 1.46 bits per heavy atom. The molecule has 0 bridgehead atoms. The van der Waals surface area contributed by atoms with Crippen LogP contribution in [-0.4, -0.2) is 36.2 Å². The molecule has 180 valence electrons. The smallest absolute Gasteiger partial charge is 0.407 e. The van der Waals surface area contributed by atoms with Gasteiger partial charge in [-0.25, -0.2) is 4.79 Å². The van der Waals surface area contributed by atoms with Gasteiger partial charge >= 0.3 is 12.1 Å². The van der Waals surface area contributed by atoms with Gasteiger partial charge in [0.25, 0.3) is 0 Å². The predicted molar refractivity (Wildman–Crippen MR) is 133 cm³/mol. The van der Waals surface area contributed by atoms with Crippen molar-refractivity contribution in [3.63, 3.8) is 0 Å². The molecule has 35 heavy (non-hydrogen) atoms. The Morgan fingerprint density at radius 1 is 0.886 bits per heavy atom. The second-order valence-electron chi connectivity index (χ2n) is 9.28. The Labute approximate surface area is 204 Å². The monoisotopic (exact) mass is 472 g/mol. The Morgan fingerprint density at radius 3 is 2.03 bits per heavy atom. The highest BCUT2D eigenvalue weighted by Crippen LogP contribution is 2.44. The summed E-state index contributed by atoms with van der Waals surface area (Å²) in [7, 11) is 0. The molecule has 0 saturated heterocycles. The van der Waals surface area contributed by atoms with E-state index in [1.54, 1.807) is 38.1 Å². The van der Waals surface area contributed by atoms with E-state index in [0.29, 0.717) is 11.3 Å². The second-order valence-corrected chi connectivity index (χ2v) is 9.28. The van der Waals surface area contributed by atoms with Crippen LogP contribution in [0.25, 0.3) is 11.1 Å². The van der Waals surface area contributed by atoms with E-state index in [2.05, 4.69) is 34.9 Å². The summed E-state index contributed by atoms with van der Waals surface area (Å²) in [4.78, 5) is 36.0. The molecule has 3 aromatic rings. The van der Waals surface area contributed by atoms with Crippen LogP contribution in [0.15, 0.2) is 72.8 Å². The molecule has 7 heteroatoms. The van der Waals surface area contributed by atoms with Gasteiger partial charge in [0, 0.05) is 18.2 Å². The molecule has 3 N–H and O–H groups in total. The third-order valence-corrected chi connectivity index (χ3v) is 6.20. The average molecular weight is 473 g/mol. The SMILES string of the molecule is CC(C)(CNC(=O)OCC1c2ccccc2-c2ccccc21)C(=O)Nc1ccc(CC(=O)O)cc1. The van der Waals surface area contributed by atoms with Crippen LogP contribution in [0.3, 0.4) is 0 Å². The quantitative estimate of drug-likeness (QED) is 0.436. The van der Waals surface area contributed by atoms with E-state index < -0.39 is 17.5 Å². The molecule has 0 atom stereocenters. The summed E-state index contributed by atoms with van der Waals surface area (Å²) in [6.07, 6.45) is -0.658. The molecular formula is C28H28N2O5. The first-order chi connectivity index (χ1) is 16.7. The number of rotatable bonds is 8. The van der Waals surface area contributed by atoms with E-state index in [1.807, 2.05) is 24.3 Å². The molecule has 0 saturated carbocycles. The number of fused-ring (bicyclic) bond motifs is 3. The van der Waals surface area contributed by atoms with Crippen LogP contribution in [0.4, 0.5) is 10.5 Å². The number of nitrogens with one attached hydrogen (secondary N) is 2. The summed E-state index contributed by atoms with van der Waals surface area (Å²) < 4.78 is 5.55. The first-order valence-corrected chi connectivity index (χ1v) is 11.5. The highest BCUT2D eigenvalue weighted by atomic mass is 16.5. The summed E-state index contributed by atoms with van der Waals surface area (Å²) in [5.74, 6) is -1.22. The number of benzene rings is 3. The summed E-state index contributed by atoms with van der Waals surface area (Å²) in [5.41, 5.74) is 4.89. The number of carbonyl (C=O) groups is 3. The molecule has 1 aliphatic carbocycles. The van der Waals surface area contributed by atoms with Gasteiger partial charge in [0.15, 0.2) is 0 Å². The lowest BCUT2D eigenvalue weighted by Crippen LogP contribution is -2.42. The van der Waals surface area contributed by atoms with Crippen molar-refractivity contribution in [2.75, 3.05) is 18.5 Å². The maximum atomic E-state index is 12.8.